The summed E-state index contributed by atoms with van der Waals surface area (Å²) in [4.78, 5) is 4.98. The van der Waals surface area contributed by atoms with Crippen LogP contribution in [0.3, 0.4) is 0 Å². The lowest BCUT2D eigenvalue weighted by Crippen LogP contribution is -2.25. The van der Waals surface area contributed by atoms with Gasteiger partial charge in [-0.25, -0.2) is 0 Å². The predicted molar refractivity (Wildman–Crippen MR) is 102 cm³/mol. The van der Waals surface area contributed by atoms with Gasteiger partial charge in [-0.3, -0.25) is 4.98 Å². The molecule has 4 aliphatic carbocycles. The van der Waals surface area contributed by atoms with E-state index in [1.165, 1.54) is 58.3 Å². The number of aromatic nitrogens is 1. The molecule has 24 heavy (non-hydrogen) atoms. The summed E-state index contributed by atoms with van der Waals surface area (Å²) >= 11 is 3.70. The lowest BCUT2D eigenvalue weighted by atomic mass is 9.67. The van der Waals surface area contributed by atoms with Gasteiger partial charge in [0.1, 0.15) is 0 Å². The number of nitrogens with zero attached hydrogens (tertiary/aromatic N) is 1. The fourth-order valence-electron chi connectivity index (χ4n) is 6.14. The number of halogens is 1. The largest absolute Gasteiger partial charge is 0.255 e. The molecule has 0 saturated heterocycles. The van der Waals surface area contributed by atoms with Crippen molar-refractivity contribution in [2.75, 3.05) is 0 Å². The molecular weight excluding hydrogens is 358 g/mol. The number of fused-ring (bicyclic) bond motifs is 3. The molecule has 1 nitrogen and oxygen atoms in total. The van der Waals surface area contributed by atoms with Crippen molar-refractivity contribution in [1.82, 2.24) is 4.98 Å². The summed E-state index contributed by atoms with van der Waals surface area (Å²) in [5.74, 6) is 3.46. The number of pyridine rings is 1. The van der Waals surface area contributed by atoms with Gasteiger partial charge < -0.3 is 0 Å². The minimum absolute atomic E-state index is 0.770. The van der Waals surface area contributed by atoms with Crippen LogP contribution in [0.5, 0.6) is 0 Å². The van der Waals surface area contributed by atoms with Crippen LogP contribution in [0.2, 0.25) is 0 Å². The zero-order chi connectivity index (χ0) is 15.8. The highest BCUT2D eigenvalue weighted by molar-refractivity contribution is 9.10. The van der Waals surface area contributed by atoms with Crippen LogP contribution in [0.25, 0.3) is 21.7 Å². The van der Waals surface area contributed by atoms with Crippen molar-refractivity contribution < 1.29 is 0 Å². The molecule has 0 N–H and O–H groups in total. The normalized spacial score (nSPS) is 30.7. The first-order valence-electron chi connectivity index (χ1n) is 9.27. The third-order valence-corrected chi connectivity index (χ3v) is 7.59. The molecule has 2 heteroatoms. The Labute approximate surface area is 150 Å². The van der Waals surface area contributed by atoms with Gasteiger partial charge in [0.05, 0.1) is 5.52 Å². The van der Waals surface area contributed by atoms with Crippen LogP contribution in [0.1, 0.15) is 55.1 Å². The van der Waals surface area contributed by atoms with E-state index >= 15 is 0 Å². The second kappa shape index (κ2) is 4.82. The topological polar surface area (TPSA) is 12.9 Å². The van der Waals surface area contributed by atoms with E-state index in [1.807, 2.05) is 0 Å². The van der Waals surface area contributed by atoms with Crippen molar-refractivity contribution in [3.63, 3.8) is 0 Å². The molecule has 2 atom stereocenters. The van der Waals surface area contributed by atoms with Crippen molar-refractivity contribution in [2.45, 2.75) is 43.9 Å². The minimum Gasteiger partial charge on any atom is -0.255 e. The molecule has 4 aliphatic rings. The molecule has 1 aromatic heterocycles. The molecule has 4 bridgehead atoms. The Kier molecular flexibility index (Phi) is 2.78. The van der Waals surface area contributed by atoms with E-state index in [0.29, 0.717) is 0 Å². The maximum Gasteiger partial charge on any atom is 0.0783 e. The molecule has 0 spiro atoms. The molecule has 2 aromatic carbocycles. The average Bonchev–Trinajstić information content (AvgIpc) is 2.76. The van der Waals surface area contributed by atoms with E-state index in [1.54, 1.807) is 11.1 Å². The second-order valence-electron chi connectivity index (χ2n) is 8.23. The first-order chi connectivity index (χ1) is 11.8. The smallest absolute Gasteiger partial charge is 0.0783 e. The summed E-state index contributed by atoms with van der Waals surface area (Å²) in [6.45, 7) is 0. The van der Waals surface area contributed by atoms with Crippen molar-refractivity contribution >= 4 is 37.6 Å². The van der Waals surface area contributed by atoms with E-state index in [2.05, 4.69) is 52.5 Å². The Hall–Kier alpha value is -1.41. The maximum atomic E-state index is 4.98. The minimum atomic E-state index is 0.770. The van der Waals surface area contributed by atoms with Gasteiger partial charge in [-0.05, 0) is 78.4 Å². The molecule has 7 rings (SSSR count). The highest BCUT2D eigenvalue weighted by atomic mass is 79.9. The average molecular weight is 378 g/mol. The molecular formula is C22H20BrN. The fraction of sp³-hybridized carbons (Fsp3) is 0.409. The SMILES string of the molecule is Brc1cccc2c1ccc1c3c(cnc12)C1CC2CC(C1)CC3C2. The van der Waals surface area contributed by atoms with Crippen LogP contribution in [0.4, 0.5) is 0 Å². The van der Waals surface area contributed by atoms with Gasteiger partial charge in [0.2, 0.25) is 0 Å². The Morgan fingerprint density at radius 3 is 2.38 bits per heavy atom. The Morgan fingerprint density at radius 2 is 1.54 bits per heavy atom. The van der Waals surface area contributed by atoms with Gasteiger partial charge >= 0.3 is 0 Å². The third kappa shape index (κ3) is 1.78. The van der Waals surface area contributed by atoms with Crippen LogP contribution >= 0.6 is 15.9 Å². The summed E-state index contributed by atoms with van der Waals surface area (Å²) in [6, 6.07) is 11.1. The number of benzene rings is 2. The molecule has 2 saturated carbocycles. The van der Waals surface area contributed by atoms with Crippen LogP contribution in [0, 0.1) is 11.8 Å². The quantitative estimate of drug-likeness (QED) is 0.405. The Morgan fingerprint density at radius 1 is 0.792 bits per heavy atom. The van der Waals surface area contributed by atoms with Crippen molar-refractivity contribution in [1.29, 1.82) is 0 Å². The van der Waals surface area contributed by atoms with E-state index in [9.17, 15) is 0 Å². The molecule has 120 valence electrons. The van der Waals surface area contributed by atoms with Gasteiger partial charge in [0.25, 0.3) is 0 Å². The van der Waals surface area contributed by atoms with Crippen LogP contribution in [-0.2, 0) is 0 Å². The highest BCUT2D eigenvalue weighted by Gasteiger charge is 2.42. The summed E-state index contributed by atoms with van der Waals surface area (Å²) in [5, 5.41) is 3.99. The summed E-state index contributed by atoms with van der Waals surface area (Å²) in [7, 11) is 0. The standard InChI is InChI=1S/C22H20BrN/c23-20-3-1-2-17-16(20)4-5-18-21-15-9-12-6-13(10-15)8-14(7-12)19(21)11-24-22(17)18/h1-5,11-15H,6-10H2. The van der Waals surface area contributed by atoms with Gasteiger partial charge in [-0.15, -0.1) is 0 Å². The molecule has 1 heterocycles. The molecule has 0 aliphatic heterocycles. The summed E-state index contributed by atoms with van der Waals surface area (Å²) < 4.78 is 1.17. The molecule has 3 aromatic rings. The van der Waals surface area contributed by atoms with E-state index < -0.39 is 0 Å². The number of hydrogen-bond acceptors (Lipinski definition) is 1. The molecule has 0 amide bonds. The van der Waals surface area contributed by atoms with Gasteiger partial charge in [-0.2, -0.15) is 0 Å². The van der Waals surface area contributed by atoms with Gasteiger partial charge in [-0.1, -0.05) is 40.2 Å². The van der Waals surface area contributed by atoms with Crippen LogP contribution < -0.4 is 0 Å². The number of rotatable bonds is 0. The highest BCUT2D eigenvalue weighted by Crippen LogP contribution is 2.57. The lowest BCUT2D eigenvalue weighted by Gasteiger charge is -2.38. The summed E-state index contributed by atoms with van der Waals surface area (Å²) in [5.41, 5.74) is 4.46. The zero-order valence-electron chi connectivity index (χ0n) is 13.6. The molecule has 0 radical (unpaired) electrons. The van der Waals surface area contributed by atoms with Gasteiger partial charge in [0.15, 0.2) is 0 Å². The monoisotopic (exact) mass is 377 g/mol. The van der Waals surface area contributed by atoms with Crippen molar-refractivity contribution in [2.24, 2.45) is 11.8 Å². The maximum absolute atomic E-state index is 4.98. The predicted octanol–water partition coefficient (Wildman–Crippen LogP) is 6.54. The Balaban J connectivity index is 1.71. The summed E-state index contributed by atoms with van der Waals surface area (Å²) in [6.07, 6.45) is 9.37. The zero-order valence-corrected chi connectivity index (χ0v) is 15.2. The molecule has 2 fully saturated rings. The Bertz CT molecular complexity index is 978. The van der Waals surface area contributed by atoms with Crippen LogP contribution in [-0.4, -0.2) is 4.98 Å². The van der Waals surface area contributed by atoms with E-state index in [4.69, 9.17) is 4.98 Å². The first-order valence-corrected chi connectivity index (χ1v) is 10.1. The second-order valence-corrected chi connectivity index (χ2v) is 9.08. The number of hydrogen-bond donors (Lipinski definition) is 0. The van der Waals surface area contributed by atoms with E-state index in [0.717, 1.165) is 23.7 Å². The lowest BCUT2D eigenvalue weighted by molar-refractivity contribution is 0.166. The first kappa shape index (κ1) is 13.8. The van der Waals surface area contributed by atoms with Gasteiger partial charge in [0, 0.05) is 21.4 Å². The van der Waals surface area contributed by atoms with Crippen LogP contribution in [0.15, 0.2) is 41.0 Å². The van der Waals surface area contributed by atoms with Crippen molar-refractivity contribution in [3.05, 3.63) is 52.1 Å². The third-order valence-electron chi connectivity index (χ3n) is 6.90. The fourth-order valence-corrected chi connectivity index (χ4v) is 6.64. The molecule has 2 unspecified atom stereocenters. The van der Waals surface area contributed by atoms with Crippen molar-refractivity contribution in [3.8, 4) is 0 Å². The van der Waals surface area contributed by atoms with E-state index in [-0.39, 0.29) is 0 Å².